The number of carbonyl (C=O) groups is 1. The van der Waals surface area contributed by atoms with E-state index in [1.165, 1.54) is 5.56 Å². The van der Waals surface area contributed by atoms with Gasteiger partial charge < -0.3 is 15.4 Å². The van der Waals surface area contributed by atoms with Crippen LogP contribution in [0.2, 0.25) is 0 Å². The van der Waals surface area contributed by atoms with Crippen LogP contribution in [0.15, 0.2) is 30.5 Å². The number of urea groups is 1. The zero-order valence-electron chi connectivity index (χ0n) is 12.3. The van der Waals surface area contributed by atoms with E-state index in [0.29, 0.717) is 6.54 Å². The summed E-state index contributed by atoms with van der Waals surface area (Å²) >= 11 is 0. The number of ether oxygens (including phenoxy) is 1. The van der Waals surface area contributed by atoms with Gasteiger partial charge in [-0.1, -0.05) is 0 Å². The first kappa shape index (κ1) is 14.9. The first-order valence-corrected chi connectivity index (χ1v) is 6.87. The third kappa shape index (κ3) is 4.52. The fraction of sp³-hybridized carbons (Fsp3) is 0.333. The van der Waals surface area contributed by atoms with Crippen LogP contribution < -0.4 is 15.4 Å². The SMILES string of the molecule is COc1ccc(NC(=O)NCCCc2cn[nH]c2C)cc1. The number of aromatic nitrogens is 2. The third-order valence-corrected chi connectivity index (χ3v) is 3.19. The summed E-state index contributed by atoms with van der Waals surface area (Å²) in [6.07, 6.45) is 3.59. The Morgan fingerprint density at radius 2 is 2.10 bits per heavy atom. The lowest BCUT2D eigenvalue weighted by Gasteiger charge is -2.08. The first-order chi connectivity index (χ1) is 10.2. The minimum atomic E-state index is -0.205. The summed E-state index contributed by atoms with van der Waals surface area (Å²) in [5, 5.41) is 12.5. The van der Waals surface area contributed by atoms with Crippen molar-refractivity contribution in [3.63, 3.8) is 0 Å². The number of methoxy groups -OCH3 is 1. The molecule has 0 aliphatic rings. The second kappa shape index (κ2) is 7.33. The maximum absolute atomic E-state index is 11.7. The quantitative estimate of drug-likeness (QED) is 0.714. The van der Waals surface area contributed by atoms with Crippen LogP contribution in [0, 0.1) is 6.92 Å². The zero-order chi connectivity index (χ0) is 15.1. The van der Waals surface area contributed by atoms with Crippen molar-refractivity contribution in [2.45, 2.75) is 19.8 Å². The van der Waals surface area contributed by atoms with E-state index in [1.54, 1.807) is 31.4 Å². The van der Waals surface area contributed by atoms with Gasteiger partial charge in [0.2, 0.25) is 0 Å². The van der Waals surface area contributed by atoms with Crippen LogP contribution in [0.4, 0.5) is 10.5 Å². The highest BCUT2D eigenvalue weighted by atomic mass is 16.5. The summed E-state index contributed by atoms with van der Waals surface area (Å²) in [6, 6.07) is 7.00. The number of amides is 2. The Hall–Kier alpha value is -2.50. The summed E-state index contributed by atoms with van der Waals surface area (Å²) in [4.78, 5) is 11.7. The highest BCUT2D eigenvalue weighted by molar-refractivity contribution is 5.89. The van der Waals surface area contributed by atoms with E-state index in [0.717, 1.165) is 30.0 Å². The average molecular weight is 288 g/mol. The molecule has 0 unspecified atom stereocenters. The van der Waals surface area contributed by atoms with Crippen LogP contribution in [0.1, 0.15) is 17.7 Å². The Kier molecular flexibility index (Phi) is 5.20. The molecule has 21 heavy (non-hydrogen) atoms. The van der Waals surface area contributed by atoms with Crippen LogP contribution in [0.3, 0.4) is 0 Å². The molecule has 0 saturated heterocycles. The van der Waals surface area contributed by atoms with Gasteiger partial charge in [0.25, 0.3) is 0 Å². The molecule has 0 bridgehead atoms. The topological polar surface area (TPSA) is 79.0 Å². The number of anilines is 1. The lowest BCUT2D eigenvalue weighted by atomic mass is 10.1. The highest BCUT2D eigenvalue weighted by Crippen LogP contribution is 2.14. The molecular weight excluding hydrogens is 268 g/mol. The lowest BCUT2D eigenvalue weighted by molar-refractivity contribution is 0.252. The van der Waals surface area contributed by atoms with Gasteiger partial charge in [-0.05, 0) is 49.6 Å². The van der Waals surface area contributed by atoms with Gasteiger partial charge in [0.15, 0.2) is 0 Å². The molecule has 0 aliphatic carbocycles. The van der Waals surface area contributed by atoms with Crippen molar-refractivity contribution < 1.29 is 9.53 Å². The molecule has 0 radical (unpaired) electrons. The number of nitrogens with zero attached hydrogens (tertiary/aromatic N) is 1. The van der Waals surface area contributed by atoms with Gasteiger partial charge in [-0.3, -0.25) is 5.10 Å². The van der Waals surface area contributed by atoms with E-state index < -0.39 is 0 Å². The largest absolute Gasteiger partial charge is 0.497 e. The number of hydrogen-bond acceptors (Lipinski definition) is 3. The number of benzene rings is 1. The van der Waals surface area contributed by atoms with Gasteiger partial charge in [-0.15, -0.1) is 0 Å². The van der Waals surface area contributed by atoms with Gasteiger partial charge in [0.1, 0.15) is 5.75 Å². The fourth-order valence-electron chi connectivity index (χ4n) is 1.96. The minimum Gasteiger partial charge on any atom is -0.497 e. The maximum Gasteiger partial charge on any atom is 0.319 e. The Morgan fingerprint density at radius 1 is 1.33 bits per heavy atom. The molecule has 1 heterocycles. The maximum atomic E-state index is 11.7. The minimum absolute atomic E-state index is 0.205. The Balaban J connectivity index is 1.68. The molecule has 2 rings (SSSR count). The van der Waals surface area contributed by atoms with E-state index in [1.807, 2.05) is 13.1 Å². The van der Waals surface area contributed by atoms with Gasteiger partial charge in [-0.25, -0.2) is 4.79 Å². The standard InChI is InChI=1S/C15H20N4O2/c1-11-12(10-17-19-11)4-3-9-16-15(20)18-13-5-7-14(21-2)8-6-13/h5-8,10H,3-4,9H2,1-2H3,(H,17,19)(H2,16,18,20). The number of carbonyl (C=O) groups excluding carboxylic acids is 1. The van der Waals surface area contributed by atoms with Crippen LogP contribution in [-0.2, 0) is 6.42 Å². The molecule has 6 heteroatoms. The van der Waals surface area contributed by atoms with Crippen LogP contribution in [0.5, 0.6) is 5.75 Å². The normalized spacial score (nSPS) is 10.2. The lowest BCUT2D eigenvalue weighted by Crippen LogP contribution is -2.29. The smallest absolute Gasteiger partial charge is 0.319 e. The number of nitrogens with one attached hydrogen (secondary N) is 3. The number of H-pyrrole nitrogens is 1. The molecule has 6 nitrogen and oxygen atoms in total. The summed E-state index contributed by atoms with van der Waals surface area (Å²) in [6.45, 7) is 2.61. The molecular formula is C15H20N4O2. The monoisotopic (exact) mass is 288 g/mol. The molecule has 0 saturated carbocycles. The molecule has 1 aromatic carbocycles. The van der Waals surface area contributed by atoms with E-state index in [9.17, 15) is 4.79 Å². The predicted molar refractivity (Wildman–Crippen MR) is 81.7 cm³/mol. The van der Waals surface area contributed by atoms with Crippen molar-refractivity contribution in [1.29, 1.82) is 0 Å². The molecule has 1 aromatic heterocycles. The fourth-order valence-corrected chi connectivity index (χ4v) is 1.96. The van der Waals surface area contributed by atoms with Gasteiger partial charge in [-0.2, -0.15) is 5.10 Å². The van der Waals surface area contributed by atoms with E-state index in [4.69, 9.17) is 4.74 Å². The van der Waals surface area contributed by atoms with Crippen LogP contribution >= 0.6 is 0 Å². The molecule has 0 aliphatic heterocycles. The van der Waals surface area contributed by atoms with Gasteiger partial charge in [0, 0.05) is 17.9 Å². The Bertz CT molecular complexity index is 578. The summed E-state index contributed by atoms with van der Waals surface area (Å²) < 4.78 is 5.06. The number of aryl methyl sites for hydroxylation is 2. The van der Waals surface area contributed by atoms with Crippen molar-refractivity contribution in [1.82, 2.24) is 15.5 Å². The van der Waals surface area contributed by atoms with Crippen LogP contribution in [-0.4, -0.2) is 29.9 Å². The van der Waals surface area contributed by atoms with Crippen molar-refractivity contribution in [2.24, 2.45) is 0 Å². The molecule has 0 spiro atoms. The Morgan fingerprint density at radius 3 is 2.71 bits per heavy atom. The first-order valence-electron chi connectivity index (χ1n) is 6.87. The summed E-state index contributed by atoms with van der Waals surface area (Å²) in [7, 11) is 1.61. The molecule has 112 valence electrons. The molecule has 0 atom stereocenters. The van der Waals surface area contributed by atoms with E-state index in [-0.39, 0.29) is 6.03 Å². The highest BCUT2D eigenvalue weighted by Gasteiger charge is 2.03. The average Bonchev–Trinajstić information content (AvgIpc) is 2.90. The summed E-state index contributed by atoms with van der Waals surface area (Å²) in [5.74, 6) is 0.761. The molecule has 2 aromatic rings. The second-order valence-corrected chi connectivity index (χ2v) is 4.73. The molecule has 2 amide bonds. The van der Waals surface area contributed by atoms with Crippen LogP contribution in [0.25, 0.3) is 0 Å². The van der Waals surface area contributed by atoms with Crippen molar-refractivity contribution in [3.8, 4) is 5.75 Å². The predicted octanol–water partition coefficient (Wildman–Crippen LogP) is 2.48. The van der Waals surface area contributed by atoms with Crippen molar-refractivity contribution >= 4 is 11.7 Å². The van der Waals surface area contributed by atoms with Crippen molar-refractivity contribution in [3.05, 3.63) is 41.7 Å². The second-order valence-electron chi connectivity index (χ2n) is 4.73. The van der Waals surface area contributed by atoms with E-state index in [2.05, 4.69) is 20.8 Å². The Labute approximate surface area is 123 Å². The number of aromatic amines is 1. The molecule has 3 N–H and O–H groups in total. The van der Waals surface area contributed by atoms with E-state index >= 15 is 0 Å². The molecule has 0 fully saturated rings. The third-order valence-electron chi connectivity index (χ3n) is 3.19. The van der Waals surface area contributed by atoms with Gasteiger partial charge >= 0.3 is 6.03 Å². The summed E-state index contributed by atoms with van der Waals surface area (Å²) in [5.41, 5.74) is 3.00. The van der Waals surface area contributed by atoms with Crippen molar-refractivity contribution in [2.75, 3.05) is 19.0 Å². The number of hydrogen-bond donors (Lipinski definition) is 3. The number of rotatable bonds is 6. The zero-order valence-corrected chi connectivity index (χ0v) is 12.3. The van der Waals surface area contributed by atoms with Gasteiger partial charge in [0.05, 0.1) is 13.3 Å².